The summed E-state index contributed by atoms with van der Waals surface area (Å²) in [6.45, 7) is 0.853. The Balaban J connectivity index is 1.72. The van der Waals surface area contributed by atoms with Gasteiger partial charge in [-0.05, 0) is 23.3 Å². The Hall–Kier alpha value is -2.18. The predicted octanol–water partition coefficient (Wildman–Crippen LogP) is 2.24. The fraction of sp³-hybridized carbons (Fsp3) is 0.500. The van der Waals surface area contributed by atoms with Gasteiger partial charge in [-0.15, -0.1) is 0 Å². The molecule has 0 saturated heterocycles. The van der Waals surface area contributed by atoms with E-state index in [1.54, 1.807) is 12.1 Å². The van der Waals surface area contributed by atoms with Crippen LogP contribution in [-0.4, -0.2) is 26.1 Å². The minimum Gasteiger partial charge on any atom is -0.367 e. The third-order valence-electron chi connectivity index (χ3n) is 3.61. The molecule has 0 spiro atoms. The molecule has 1 aliphatic carbocycles. The number of hydrogen-bond acceptors (Lipinski definition) is 5. The zero-order valence-corrected chi connectivity index (χ0v) is 10.5. The fourth-order valence-corrected chi connectivity index (χ4v) is 2.27. The van der Waals surface area contributed by atoms with Gasteiger partial charge in [-0.25, -0.2) is 4.98 Å². The zero-order chi connectivity index (χ0) is 13.2. The van der Waals surface area contributed by atoms with E-state index < -0.39 is 4.92 Å². The molecule has 0 aliphatic heterocycles. The molecule has 1 saturated carbocycles. The highest BCUT2D eigenvalue weighted by Gasteiger charge is 2.18. The maximum absolute atomic E-state index is 10.8. The highest BCUT2D eigenvalue weighted by molar-refractivity contribution is 5.48. The summed E-state index contributed by atoms with van der Waals surface area (Å²) in [7, 11) is 0. The van der Waals surface area contributed by atoms with Gasteiger partial charge in [0.1, 0.15) is 6.20 Å². The number of hydrogen-bond donors (Lipinski definition) is 1. The molecule has 100 valence electrons. The van der Waals surface area contributed by atoms with Gasteiger partial charge in [0.15, 0.2) is 5.82 Å². The van der Waals surface area contributed by atoms with Crippen molar-refractivity contribution in [2.24, 2.45) is 5.92 Å². The summed E-state index contributed by atoms with van der Waals surface area (Å²) < 4.78 is 1.26. The second-order valence-corrected chi connectivity index (χ2v) is 4.87. The topological polar surface area (TPSA) is 85.4 Å². The second-order valence-electron chi connectivity index (χ2n) is 4.87. The van der Waals surface area contributed by atoms with E-state index in [0.29, 0.717) is 11.5 Å². The molecule has 1 aliphatic rings. The van der Waals surface area contributed by atoms with E-state index in [0.717, 1.165) is 18.9 Å². The maximum Gasteiger partial charge on any atom is 0.368 e. The van der Waals surface area contributed by atoms with Crippen molar-refractivity contribution < 1.29 is 4.92 Å². The van der Waals surface area contributed by atoms with Crippen molar-refractivity contribution in [2.45, 2.75) is 25.7 Å². The molecule has 0 aromatic carbocycles. The van der Waals surface area contributed by atoms with Crippen molar-refractivity contribution in [2.75, 3.05) is 11.9 Å². The van der Waals surface area contributed by atoms with Crippen molar-refractivity contribution in [3.05, 3.63) is 28.4 Å². The first-order valence-electron chi connectivity index (χ1n) is 6.47. The Kier molecular flexibility index (Phi) is 3.02. The molecule has 3 rings (SSSR count). The van der Waals surface area contributed by atoms with Gasteiger partial charge >= 0.3 is 5.82 Å². The van der Waals surface area contributed by atoms with Crippen LogP contribution in [0.1, 0.15) is 25.7 Å². The number of aromatic nitrogens is 3. The van der Waals surface area contributed by atoms with Gasteiger partial charge in [0, 0.05) is 12.6 Å². The van der Waals surface area contributed by atoms with E-state index in [9.17, 15) is 10.1 Å². The van der Waals surface area contributed by atoms with Gasteiger partial charge in [-0.1, -0.05) is 28.9 Å². The largest absolute Gasteiger partial charge is 0.368 e. The number of nitro groups is 1. The Morgan fingerprint density at radius 3 is 3.00 bits per heavy atom. The third kappa shape index (κ3) is 2.35. The van der Waals surface area contributed by atoms with E-state index >= 15 is 0 Å². The molecule has 0 amide bonds. The molecule has 7 nitrogen and oxygen atoms in total. The van der Waals surface area contributed by atoms with Crippen LogP contribution in [0.25, 0.3) is 5.65 Å². The van der Waals surface area contributed by atoms with Gasteiger partial charge in [-0.3, -0.25) is 0 Å². The molecule has 0 atom stereocenters. The van der Waals surface area contributed by atoms with E-state index in [4.69, 9.17) is 0 Å². The minimum absolute atomic E-state index is 0.113. The molecule has 1 fully saturated rings. The lowest BCUT2D eigenvalue weighted by molar-refractivity contribution is -0.391. The second kappa shape index (κ2) is 4.83. The van der Waals surface area contributed by atoms with E-state index in [-0.39, 0.29) is 5.82 Å². The maximum atomic E-state index is 10.8. The summed E-state index contributed by atoms with van der Waals surface area (Å²) in [5.41, 5.74) is 0.483. The summed E-state index contributed by atoms with van der Waals surface area (Å²) in [5.74, 6) is 1.37. The summed E-state index contributed by atoms with van der Waals surface area (Å²) in [4.78, 5) is 14.3. The summed E-state index contributed by atoms with van der Waals surface area (Å²) in [5, 5.41) is 18.2. The van der Waals surface area contributed by atoms with Gasteiger partial charge in [0.2, 0.25) is 5.65 Å². The number of nitrogens with zero attached hydrogens (tertiary/aromatic N) is 4. The highest BCUT2D eigenvalue weighted by atomic mass is 16.6. The molecule has 1 N–H and O–H groups in total. The average Bonchev–Trinajstić information content (AvgIpc) is 2.75. The van der Waals surface area contributed by atoms with Crippen LogP contribution in [0.15, 0.2) is 18.3 Å². The van der Waals surface area contributed by atoms with Crippen molar-refractivity contribution in [1.29, 1.82) is 0 Å². The first kappa shape index (κ1) is 11.9. The van der Waals surface area contributed by atoms with Gasteiger partial charge in [-0.2, -0.15) is 0 Å². The smallest absolute Gasteiger partial charge is 0.367 e. The van der Waals surface area contributed by atoms with Crippen molar-refractivity contribution in [3.8, 4) is 0 Å². The number of fused-ring (bicyclic) bond motifs is 1. The molecule has 19 heavy (non-hydrogen) atoms. The predicted molar refractivity (Wildman–Crippen MR) is 70.1 cm³/mol. The summed E-state index contributed by atoms with van der Waals surface area (Å²) >= 11 is 0. The minimum atomic E-state index is -0.481. The number of rotatable bonds is 5. The van der Waals surface area contributed by atoms with Crippen LogP contribution in [0.4, 0.5) is 11.6 Å². The van der Waals surface area contributed by atoms with Crippen LogP contribution in [0.2, 0.25) is 0 Å². The number of anilines is 1. The third-order valence-corrected chi connectivity index (χ3v) is 3.61. The average molecular weight is 261 g/mol. The molecular weight excluding hydrogens is 246 g/mol. The molecule has 0 radical (unpaired) electrons. The Bertz CT molecular complexity index is 605. The van der Waals surface area contributed by atoms with Crippen molar-refractivity contribution in [1.82, 2.24) is 14.6 Å². The lowest BCUT2D eigenvalue weighted by Gasteiger charge is -2.25. The van der Waals surface area contributed by atoms with Crippen molar-refractivity contribution >= 4 is 17.3 Å². The summed E-state index contributed by atoms with van der Waals surface area (Å²) in [6.07, 6.45) is 6.34. The van der Waals surface area contributed by atoms with Crippen LogP contribution in [0.3, 0.4) is 0 Å². The monoisotopic (exact) mass is 261 g/mol. The fourth-order valence-electron chi connectivity index (χ4n) is 2.27. The Labute approximate surface area is 109 Å². The molecule has 7 heteroatoms. The first-order valence-corrected chi connectivity index (χ1v) is 6.47. The van der Waals surface area contributed by atoms with Crippen LogP contribution in [0, 0.1) is 16.0 Å². The van der Waals surface area contributed by atoms with E-state index in [2.05, 4.69) is 15.4 Å². The Morgan fingerprint density at radius 2 is 2.32 bits per heavy atom. The zero-order valence-electron chi connectivity index (χ0n) is 10.5. The molecule has 0 bridgehead atoms. The van der Waals surface area contributed by atoms with E-state index in [1.165, 1.54) is 30.0 Å². The molecular formula is C12H15N5O2. The highest BCUT2D eigenvalue weighted by Crippen LogP contribution is 2.29. The van der Waals surface area contributed by atoms with Gasteiger partial charge in [0.25, 0.3) is 0 Å². The molecule has 2 heterocycles. The Morgan fingerprint density at radius 1 is 1.47 bits per heavy atom. The molecule has 2 aromatic heterocycles. The van der Waals surface area contributed by atoms with Gasteiger partial charge in [0.05, 0.1) is 0 Å². The summed E-state index contributed by atoms with van der Waals surface area (Å²) in [6, 6.07) is 3.53. The van der Waals surface area contributed by atoms with E-state index in [1.807, 2.05) is 0 Å². The quantitative estimate of drug-likeness (QED) is 0.659. The van der Waals surface area contributed by atoms with Crippen LogP contribution in [-0.2, 0) is 0 Å². The normalized spacial score (nSPS) is 15.4. The molecule has 0 unspecified atom stereocenters. The molecule has 2 aromatic rings. The van der Waals surface area contributed by atoms with Gasteiger partial charge < -0.3 is 15.4 Å². The van der Waals surface area contributed by atoms with Crippen LogP contribution >= 0.6 is 0 Å². The van der Waals surface area contributed by atoms with Crippen LogP contribution < -0.4 is 5.32 Å². The number of nitrogens with one attached hydrogen (secondary N) is 1. The lowest BCUT2D eigenvalue weighted by Crippen LogP contribution is -2.16. The SMILES string of the molecule is O=[N+]([O-])c1cnc2ccc(NCCC3CCC3)nn12. The first-order chi connectivity index (χ1) is 9.24. The van der Waals surface area contributed by atoms with Crippen LogP contribution in [0.5, 0.6) is 0 Å². The standard InChI is InChI=1S/C12H15N5O2/c18-17(19)12-8-14-11-5-4-10(15-16(11)12)13-7-6-9-2-1-3-9/h4-5,8-9H,1-3,6-7H2,(H,13,15). The number of imidazole rings is 1. The van der Waals surface area contributed by atoms with Crippen molar-refractivity contribution in [3.63, 3.8) is 0 Å². The lowest BCUT2D eigenvalue weighted by atomic mass is 9.83.